The van der Waals surface area contributed by atoms with Crippen LogP contribution in [0.3, 0.4) is 0 Å². The number of benzene rings is 1. The highest BCUT2D eigenvalue weighted by Gasteiger charge is 2.47. The third-order valence-corrected chi connectivity index (χ3v) is 3.18. The van der Waals surface area contributed by atoms with E-state index >= 15 is 0 Å². The molecule has 2 rings (SSSR count). The summed E-state index contributed by atoms with van der Waals surface area (Å²) in [6, 6.07) is 7.41. The lowest BCUT2D eigenvalue weighted by molar-refractivity contribution is -0.157. The molecule has 1 aromatic carbocycles. The Morgan fingerprint density at radius 1 is 1.39 bits per heavy atom. The summed E-state index contributed by atoms with van der Waals surface area (Å²) >= 11 is 5.90. The average Bonchev–Trinajstić information content (AvgIpc) is 3.07. The molecule has 0 spiro atoms. The largest absolute Gasteiger partial charge is 0.457 e. The van der Waals surface area contributed by atoms with E-state index in [9.17, 15) is 9.59 Å². The summed E-state index contributed by atoms with van der Waals surface area (Å²) in [6.45, 7) is 3.46. The van der Waals surface area contributed by atoms with E-state index in [2.05, 4.69) is 0 Å². The summed E-state index contributed by atoms with van der Waals surface area (Å²) in [6.07, 6.45) is 0.441. The minimum absolute atomic E-state index is 0.107. The van der Waals surface area contributed by atoms with Gasteiger partial charge in [-0.25, -0.2) is 4.79 Å². The SMILES string of the molecule is CC(C)OC(=O)C(=O)C1C[C@H]1c1cccc(Cl)c1. The fraction of sp³-hybridized carbons (Fsp3) is 0.429. The zero-order valence-electron chi connectivity index (χ0n) is 10.4. The summed E-state index contributed by atoms with van der Waals surface area (Å²) in [5, 5.41) is 0.648. The highest BCUT2D eigenvalue weighted by Crippen LogP contribution is 2.48. The number of hydrogen-bond acceptors (Lipinski definition) is 3. The van der Waals surface area contributed by atoms with E-state index in [1.54, 1.807) is 19.9 Å². The van der Waals surface area contributed by atoms with Crippen molar-refractivity contribution in [2.24, 2.45) is 5.92 Å². The van der Waals surface area contributed by atoms with Crippen LogP contribution < -0.4 is 0 Å². The van der Waals surface area contributed by atoms with E-state index in [0.717, 1.165) is 5.56 Å². The first kappa shape index (κ1) is 13.1. The van der Waals surface area contributed by atoms with Crippen LogP contribution in [0.25, 0.3) is 0 Å². The standard InChI is InChI=1S/C14H15ClO3/c1-8(2)18-14(17)13(16)12-7-11(12)9-4-3-5-10(15)6-9/h3-6,8,11-12H,7H2,1-2H3/t11-,12?/m0/s1. The second-order valence-corrected chi connectivity index (χ2v) is 5.26. The molecule has 96 valence electrons. The molecule has 0 bridgehead atoms. The molecule has 1 aliphatic rings. The van der Waals surface area contributed by atoms with Gasteiger partial charge in [-0.05, 0) is 43.9 Å². The minimum atomic E-state index is -0.723. The van der Waals surface area contributed by atoms with E-state index < -0.39 is 11.8 Å². The van der Waals surface area contributed by atoms with Crippen molar-refractivity contribution < 1.29 is 14.3 Å². The highest BCUT2D eigenvalue weighted by molar-refractivity contribution is 6.35. The van der Waals surface area contributed by atoms with Gasteiger partial charge in [0.25, 0.3) is 0 Å². The van der Waals surface area contributed by atoms with Crippen molar-refractivity contribution in [2.75, 3.05) is 0 Å². The molecule has 0 aliphatic heterocycles. The molecule has 0 amide bonds. The molecule has 1 aliphatic carbocycles. The number of ketones is 1. The molecular weight excluding hydrogens is 252 g/mol. The monoisotopic (exact) mass is 266 g/mol. The number of halogens is 1. The quantitative estimate of drug-likeness (QED) is 0.622. The predicted molar refractivity (Wildman–Crippen MR) is 68.5 cm³/mol. The van der Waals surface area contributed by atoms with Crippen molar-refractivity contribution in [3.05, 3.63) is 34.9 Å². The lowest BCUT2D eigenvalue weighted by atomic mass is 10.1. The van der Waals surface area contributed by atoms with Crippen LogP contribution in [-0.4, -0.2) is 17.9 Å². The second-order valence-electron chi connectivity index (χ2n) is 4.82. The molecule has 0 aromatic heterocycles. The maximum atomic E-state index is 11.8. The lowest BCUT2D eigenvalue weighted by Gasteiger charge is -2.06. The summed E-state index contributed by atoms with van der Waals surface area (Å²) in [5.74, 6) is -1.28. The predicted octanol–water partition coefficient (Wildman–Crippen LogP) is 2.96. The van der Waals surface area contributed by atoms with Gasteiger partial charge in [0.1, 0.15) is 0 Å². The van der Waals surface area contributed by atoms with Crippen molar-refractivity contribution in [3.63, 3.8) is 0 Å². The minimum Gasteiger partial charge on any atom is -0.457 e. The summed E-state index contributed by atoms with van der Waals surface area (Å²) in [5.41, 5.74) is 1.01. The molecule has 2 atom stereocenters. The molecule has 0 heterocycles. The van der Waals surface area contributed by atoms with E-state index in [0.29, 0.717) is 11.4 Å². The second kappa shape index (κ2) is 5.11. The summed E-state index contributed by atoms with van der Waals surface area (Å²) in [4.78, 5) is 23.3. The molecule has 0 saturated heterocycles. The molecule has 1 unspecified atom stereocenters. The van der Waals surface area contributed by atoms with Crippen LogP contribution in [0, 0.1) is 5.92 Å². The molecule has 3 nitrogen and oxygen atoms in total. The first-order valence-electron chi connectivity index (χ1n) is 5.99. The topological polar surface area (TPSA) is 43.4 Å². The first-order valence-corrected chi connectivity index (χ1v) is 6.37. The Morgan fingerprint density at radius 3 is 2.72 bits per heavy atom. The van der Waals surface area contributed by atoms with Crippen LogP contribution >= 0.6 is 11.6 Å². The Bertz CT molecular complexity index is 482. The Labute approximate surface area is 111 Å². The molecule has 18 heavy (non-hydrogen) atoms. The van der Waals surface area contributed by atoms with Gasteiger partial charge in [-0.15, -0.1) is 0 Å². The Hall–Kier alpha value is -1.35. The smallest absolute Gasteiger partial charge is 0.375 e. The van der Waals surface area contributed by atoms with Gasteiger partial charge in [-0.2, -0.15) is 0 Å². The molecular formula is C14H15ClO3. The van der Waals surface area contributed by atoms with Crippen LogP contribution in [0.5, 0.6) is 0 Å². The number of hydrogen-bond donors (Lipinski definition) is 0. The molecule has 1 fully saturated rings. The zero-order chi connectivity index (χ0) is 13.3. The van der Waals surface area contributed by atoms with E-state index in [-0.39, 0.29) is 17.9 Å². The molecule has 1 saturated carbocycles. The lowest BCUT2D eigenvalue weighted by Crippen LogP contribution is -2.22. The summed E-state index contributed by atoms with van der Waals surface area (Å²) < 4.78 is 4.91. The fourth-order valence-electron chi connectivity index (χ4n) is 2.01. The number of carbonyl (C=O) groups is 2. The van der Waals surface area contributed by atoms with E-state index in [1.807, 2.05) is 18.2 Å². The van der Waals surface area contributed by atoms with Crippen molar-refractivity contribution in [1.29, 1.82) is 0 Å². The van der Waals surface area contributed by atoms with Gasteiger partial charge in [-0.3, -0.25) is 4.79 Å². The Balaban J connectivity index is 1.99. The van der Waals surface area contributed by atoms with E-state index in [1.165, 1.54) is 0 Å². The molecule has 1 aromatic rings. The number of rotatable bonds is 4. The summed E-state index contributed by atoms with van der Waals surface area (Å²) in [7, 11) is 0. The maximum absolute atomic E-state index is 11.8. The maximum Gasteiger partial charge on any atom is 0.375 e. The van der Waals surface area contributed by atoms with Gasteiger partial charge in [0.15, 0.2) is 0 Å². The number of ether oxygens (including phenoxy) is 1. The van der Waals surface area contributed by atoms with Gasteiger partial charge >= 0.3 is 5.97 Å². The van der Waals surface area contributed by atoms with Crippen LogP contribution in [0.4, 0.5) is 0 Å². The molecule has 0 radical (unpaired) electrons. The first-order chi connectivity index (χ1) is 8.49. The van der Waals surface area contributed by atoms with Crippen molar-refractivity contribution in [3.8, 4) is 0 Å². The van der Waals surface area contributed by atoms with Crippen LogP contribution in [0.2, 0.25) is 5.02 Å². The van der Waals surface area contributed by atoms with Crippen LogP contribution in [0.15, 0.2) is 24.3 Å². The highest BCUT2D eigenvalue weighted by atomic mass is 35.5. The normalized spacial score (nSPS) is 21.8. The van der Waals surface area contributed by atoms with Gasteiger partial charge < -0.3 is 4.74 Å². The number of Topliss-reactive ketones (excluding diaryl/α,β-unsaturated/α-hetero) is 1. The van der Waals surface area contributed by atoms with Gasteiger partial charge in [0, 0.05) is 10.9 Å². The average molecular weight is 267 g/mol. The van der Waals surface area contributed by atoms with Gasteiger partial charge in [0.2, 0.25) is 5.78 Å². The van der Waals surface area contributed by atoms with Crippen LogP contribution in [0.1, 0.15) is 31.7 Å². The zero-order valence-corrected chi connectivity index (χ0v) is 11.1. The Kier molecular flexibility index (Phi) is 3.71. The molecule has 4 heteroatoms. The third kappa shape index (κ3) is 2.91. The van der Waals surface area contributed by atoms with Gasteiger partial charge in [0.05, 0.1) is 6.10 Å². The van der Waals surface area contributed by atoms with Crippen molar-refractivity contribution >= 4 is 23.4 Å². The van der Waals surface area contributed by atoms with Crippen molar-refractivity contribution in [1.82, 2.24) is 0 Å². The Morgan fingerprint density at radius 2 is 2.11 bits per heavy atom. The molecule has 0 N–H and O–H groups in total. The van der Waals surface area contributed by atoms with Crippen molar-refractivity contribution in [2.45, 2.75) is 32.3 Å². The number of esters is 1. The number of carbonyl (C=O) groups excluding carboxylic acids is 2. The van der Waals surface area contributed by atoms with E-state index in [4.69, 9.17) is 16.3 Å². The van der Waals surface area contributed by atoms with Gasteiger partial charge in [-0.1, -0.05) is 23.7 Å². The third-order valence-electron chi connectivity index (χ3n) is 2.95. The van der Waals surface area contributed by atoms with Crippen LogP contribution in [-0.2, 0) is 14.3 Å². The fourth-order valence-corrected chi connectivity index (χ4v) is 2.21.